The molecule has 3 heterocycles. The van der Waals surface area contributed by atoms with Crippen molar-refractivity contribution in [2.24, 2.45) is 0 Å². The fraction of sp³-hybridized carbons (Fsp3) is 0.762. The number of likely N-dealkylation sites (tertiary alicyclic amines) is 2. The van der Waals surface area contributed by atoms with Gasteiger partial charge in [-0.2, -0.15) is 0 Å². The second-order valence-electron chi connectivity index (χ2n) is 8.41. The molecule has 0 unspecified atom stereocenters. The molecule has 0 saturated carbocycles. The number of piperidine rings is 2. The molecule has 2 aliphatic heterocycles. The van der Waals surface area contributed by atoms with Gasteiger partial charge in [0.2, 0.25) is 0 Å². The highest BCUT2D eigenvalue weighted by molar-refractivity contribution is 5.91. The Morgan fingerprint density at radius 3 is 2.56 bits per heavy atom. The molecule has 1 aromatic rings. The summed E-state index contributed by atoms with van der Waals surface area (Å²) in [7, 11) is 0. The summed E-state index contributed by atoms with van der Waals surface area (Å²) in [5.74, 6) is 0.0475. The molecule has 1 aromatic heterocycles. The maximum atomic E-state index is 12.6. The molecule has 1 atom stereocenters. The summed E-state index contributed by atoms with van der Waals surface area (Å²) in [4.78, 5) is 17.1. The SMILES string of the molecule is CC(C)=CCC[C@H](C)N1CCC(n2cc(C(=O)N3CCCCC3)nn2)CC1. The van der Waals surface area contributed by atoms with E-state index in [1.165, 1.54) is 18.4 Å². The Bertz CT molecular complexity index is 635. The summed E-state index contributed by atoms with van der Waals surface area (Å²) in [5, 5.41) is 8.47. The zero-order valence-electron chi connectivity index (χ0n) is 17.2. The van der Waals surface area contributed by atoms with E-state index in [2.05, 4.69) is 42.1 Å². The van der Waals surface area contributed by atoms with Crippen molar-refractivity contribution in [1.82, 2.24) is 24.8 Å². The summed E-state index contributed by atoms with van der Waals surface area (Å²) >= 11 is 0. The first-order chi connectivity index (χ1) is 13.0. The number of nitrogens with zero attached hydrogens (tertiary/aromatic N) is 5. The molecule has 0 bridgehead atoms. The average Bonchev–Trinajstić information content (AvgIpc) is 3.18. The fourth-order valence-electron chi connectivity index (χ4n) is 4.20. The van der Waals surface area contributed by atoms with Crippen LogP contribution in [0, 0.1) is 0 Å². The molecule has 2 aliphatic rings. The van der Waals surface area contributed by atoms with Crippen LogP contribution >= 0.6 is 0 Å². The van der Waals surface area contributed by atoms with Gasteiger partial charge in [-0.1, -0.05) is 16.9 Å². The predicted octanol–water partition coefficient (Wildman–Crippen LogP) is 3.68. The van der Waals surface area contributed by atoms with Gasteiger partial charge in [0.25, 0.3) is 5.91 Å². The largest absolute Gasteiger partial charge is 0.337 e. The quantitative estimate of drug-likeness (QED) is 0.714. The van der Waals surface area contributed by atoms with E-state index in [1.54, 1.807) is 0 Å². The van der Waals surface area contributed by atoms with Crippen molar-refractivity contribution >= 4 is 5.91 Å². The van der Waals surface area contributed by atoms with E-state index in [4.69, 9.17) is 0 Å². The second kappa shape index (κ2) is 9.49. The highest BCUT2D eigenvalue weighted by atomic mass is 16.2. The van der Waals surface area contributed by atoms with E-state index in [0.717, 1.165) is 58.3 Å². The summed E-state index contributed by atoms with van der Waals surface area (Å²) in [5.41, 5.74) is 1.91. The van der Waals surface area contributed by atoms with E-state index < -0.39 is 0 Å². The van der Waals surface area contributed by atoms with Gasteiger partial charge in [0.15, 0.2) is 5.69 Å². The van der Waals surface area contributed by atoms with Gasteiger partial charge < -0.3 is 9.80 Å². The van der Waals surface area contributed by atoms with Gasteiger partial charge in [-0.15, -0.1) is 5.10 Å². The summed E-state index contributed by atoms with van der Waals surface area (Å²) in [6.45, 7) is 10.6. The van der Waals surface area contributed by atoms with Crippen LogP contribution in [0.5, 0.6) is 0 Å². The van der Waals surface area contributed by atoms with E-state index in [1.807, 2.05) is 15.8 Å². The number of hydrogen-bond donors (Lipinski definition) is 0. The summed E-state index contributed by atoms with van der Waals surface area (Å²) in [6, 6.07) is 0.982. The first kappa shape index (κ1) is 20.1. The Hall–Kier alpha value is -1.69. The van der Waals surface area contributed by atoms with Crippen molar-refractivity contribution in [1.29, 1.82) is 0 Å². The predicted molar refractivity (Wildman–Crippen MR) is 108 cm³/mol. The van der Waals surface area contributed by atoms with Gasteiger partial charge in [-0.25, -0.2) is 4.68 Å². The molecule has 150 valence electrons. The Morgan fingerprint density at radius 1 is 1.19 bits per heavy atom. The second-order valence-corrected chi connectivity index (χ2v) is 8.41. The number of allylic oxidation sites excluding steroid dienone is 2. The van der Waals surface area contributed by atoms with Crippen LogP contribution in [0.1, 0.15) is 82.2 Å². The highest BCUT2D eigenvalue weighted by Crippen LogP contribution is 2.24. The van der Waals surface area contributed by atoms with Crippen LogP contribution in [0.3, 0.4) is 0 Å². The van der Waals surface area contributed by atoms with Crippen LogP contribution < -0.4 is 0 Å². The Labute approximate surface area is 163 Å². The molecule has 0 aliphatic carbocycles. The minimum Gasteiger partial charge on any atom is -0.337 e. The first-order valence-electron chi connectivity index (χ1n) is 10.6. The van der Waals surface area contributed by atoms with Crippen molar-refractivity contribution < 1.29 is 4.79 Å². The van der Waals surface area contributed by atoms with Gasteiger partial charge in [0, 0.05) is 32.2 Å². The summed E-state index contributed by atoms with van der Waals surface area (Å²) in [6.07, 6.45) is 12.2. The average molecular weight is 374 g/mol. The molecule has 3 rings (SSSR count). The molecule has 6 heteroatoms. The molecule has 2 fully saturated rings. The van der Waals surface area contributed by atoms with Gasteiger partial charge in [-0.05, 0) is 65.7 Å². The van der Waals surface area contributed by atoms with Crippen molar-refractivity contribution in [3.8, 4) is 0 Å². The van der Waals surface area contributed by atoms with Gasteiger partial charge >= 0.3 is 0 Å². The molecule has 0 spiro atoms. The van der Waals surface area contributed by atoms with Gasteiger partial charge in [0.05, 0.1) is 12.2 Å². The zero-order chi connectivity index (χ0) is 19.2. The molecule has 2 saturated heterocycles. The van der Waals surface area contributed by atoms with Gasteiger partial charge in [-0.3, -0.25) is 4.79 Å². The zero-order valence-corrected chi connectivity index (χ0v) is 17.2. The third-order valence-electron chi connectivity index (χ3n) is 6.01. The van der Waals surface area contributed by atoms with E-state index in [0.29, 0.717) is 17.8 Å². The number of amides is 1. The van der Waals surface area contributed by atoms with Crippen molar-refractivity contribution in [2.75, 3.05) is 26.2 Å². The molecule has 0 aromatic carbocycles. The molecule has 27 heavy (non-hydrogen) atoms. The summed E-state index contributed by atoms with van der Waals surface area (Å²) < 4.78 is 1.93. The maximum Gasteiger partial charge on any atom is 0.276 e. The van der Waals surface area contributed by atoms with Crippen LogP contribution in [0.4, 0.5) is 0 Å². The third kappa shape index (κ3) is 5.41. The number of hydrogen-bond acceptors (Lipinski definition) is 4. The molecule has 6 nitrogen and oxygen atoms in total. The Balaban J connectivity index is 1.49. The fourth-order valence-corrected chi connectivity index (χ4v) is 4.20. The topological polar surface area (TPSA) is 54.3 Å². The van der Waals surface area contributed by atoms with E-state index in [-0.39, 0.29) is 5.91 Å². The number of carbonyl (C=O) groups is 1. The standard InChI is InChI=1S/C21H35N5O/c1-17(2)8-7-9-18(3)24-14-10-19(11-15-24)26-16-20(22-23-26)21(27)25-12-5-4-6-13-25/h8,16,18-19H,4-7,9-15H2,1-3H3/t18-/m0/s1. The minimum absolute atomic E-state index is 0.0475. The normalized spacial score (nSPS) is 20.5. The van der Waals surface area contributed by atoms with Crippen LogP contribution in [-0.4, -0.2) is 62.9 Å². The van der Waals surface area contributed by atoms with E-state index in [9.17, 15) is 4.79 Å². The van der Waals surface area contributed by atoms with Crippen LogP contribution in [0.25, 0.3) is 0 Å². The lowest BCUT2D eigenvalue weighted by Crippen LogP contribution is -2.40. The number of aromatic nitrogens is 3. The number of rotatable bonds is 6. The third-order valence-corrected chi connectivity index (χ3v) is 6.01. The molecule has 0 N–H and O–H groups in total. The first-order valence-corrected chi connectivity index (χ1v) is 10.6. The smallest absolute Gasteiger partial charge is 0.276 e. The lowest BCUT2D eigenvalue weighted by Gasteiger charge is -2.35. The van der Waals surface area contributed by atoms with Crippen LogP contribution in [0.2, 0.25) is 0 Å². The van der Waals surface area contributed by atoms with E-state index >= 15 is 0 Å². The lowest BCUT2D eigenvalue weighted by atomic mass is 10.0. The number of carbonyl (C=O) groups excluding carboxylic acids is 1. The van der Waals surface area contributed by atoms with Gasteiger partial charge in [0.1, 0.15) is 0 Å². The highest BCUT2D eigenvalue weighted by Gasteiger charge is 2.26. The maximum absolute atomic E-state index is 12.6. The van der Waals surface area contributed by atoms with Crippen LogP contribution in [-0.2, 0) is 0 Å². The minimum atomic E-state index is 0.0475. The Morgan fingerprint density at radius 2 is 1.89 bits per heavy atom. The molecule has 0 radical (unpaired) electrons. The van der Waals surface area contributed by atoms with Crippen LogP contribution in [0.15, 0.2) is 17.8 Å². The Kier molecular flexibility index (Phi) is 7.05. The van der Waals surface area contributed by atoms with Crippen molar-refractivity contribution in [3.63, 3.8) is 0 Å². The molecule has 1 amide bonds. The molecular formula is C21H35N5O. The van der Waals surface area contributed by atoms with Crippen molar-refractivity contribution in [3.05, 3.63) is 23.5 Å². The monoisotopic (exact) mass is 373 g/mol. The lowest BCUT2D eigenvalue weighted by molar-refractivity contribution is 0.0718. The van der Waals surface area contributed by atoms with Crippen molar-refractivity contribution in [2.45, 2.75) is 77.8 Å². The molecular weight excluding hydrogens is 338 g/mol.